The number of halogens is 1. The van der Waals surface area contributed by atoms with Crippen LogP contribution in [-0.2, 0) is 4.79 Å². The van der Waals surface area contributed by atoms with Crippen molar-refractivity contribution in [1.29, 1.82) is 0 Å². The quantitative estimate of drug-likeness (QED) is 0.621. The molecule has 1 amide bonds. The van der Waals surface area contributed by atoms with Gasteiger partial charge in [0.15, 0.2) is 0 Å². The van der Waals surface area contributed by atoms with E-state index < -0.39 is 12.2 Å². The molecule has 1 aliphatic rings. The zero-order valence-corrected chi connectivity index (χ0v) is 7.46. The fraction of sp³-hybridized carbons (Fsp3) is 0.875. The summed E-state index contributed by atoms with van der Waals surface area (Å²) in [7, 11) is 0. The Bertz CT molecular complexity index is 184. The fourth-order valence-electron chi connectivity index (χ4n) is 1.53. The molecule has 0 spiro atoms. The molecule has 1 heterocycles. The highest BCUT2D eigenvalue weighted by Gasteiger charge is 2.33. The Labute approximate surface area is 71.7 Å². The lowest BCUT2D eigenvalue weighted by molar-refractivity contribution is -0.132. The number of hydrogen-bond donors (Lipinski definition) is 1. The first-order valence-electron chi connectivity index (χ1n) is 4.22. The van der Waals surface area contributed by atoms with Crippen molar-refractivity contribution in [1.82, 2.24) is 4.90 Å². The second-order valence-electron chi connectivity index (χ2n) is 3.46. The molecule has 0 aromatic heterocycles. The van der Waals surface area contributed by atoms with Gasteiger partial charge in [-0.3, -0.25) is 4.79 Å². The van der Waals surface area contributed by atoms with E-state index in [-0.39, 0.29) is 18.5 Å². The zero-order chi connectivity index (χ0) is 9.30. The van der Waals surface area contributed by atoms with Crippen molar-refractivity contribution in [3.05, 3.63) is 0 Å². The summed E-state index contributed by atoms with van der Waals surface area (Å²) in [5, 5.41) is 0. The Morgan fingerprint density at radius 1 is 1.75 bits per heavy atom. The van der Waals surface area contributed by atoms with Gasteiger partial charge >= 0.3 is 0 Å². The molecule has 70 valence electrons. The summed E-state index contributed by atoms with van der Waals surface area (Å²) in [5.41, 5.74) is 5.41. The molecule has 12 heavy (non-hydrogen) atoms. The van der Waals surface area contributed by atoms with Crippen LogP contribution >= 0.6 is 0 Å². The monoisotopic (exact) mass is 174 g/mol. The molecule has 4 heteroatoms. The maximum atomic E-state index is 12.8. The van der Waals surface area contributed by atoms with Crippen LogP contribution in [0.2, 0.25) is 0 Å². The van der Waals surface area contributed by atoms with Crippen LogP contribution in [0.1, 0.15) is 20.3 Å². The predicted molar refractivity (Wildman–Crippen MR) is 44.3 cm³/mol. The Kier molecular flexibility index (Phi) is 2.67. The minimum Gasteiger partial charge on any atom is -0.336 e. The lowest BCUT2D eigenvalue weighted by Gasteiger charge is -2.22. The topological polar surface area (TPSA) is 46.3 Å². The smallest absolute Gasteiger partial charge is 0.239 e. The summed E-state index contributed by atoms with van der Waals surface area (Å²) < 4.78 is 12.8. The third kappa shape index (κ3) is 1.75. The van der Waals surface area contributed by atoms with Crippen LogP contribution in [0, 0.1) is 0 Å². The fourth-order valence-corrected chi connectivity index (χ4v) is 1.53. The molecule has 0 aliphatic carbocycles. The van der Waals surface area contributed by atoms with Crippen LogP contribution in [-0.4, -0.2) is 35.6 Å². The molecule has 0 aromatic carbocycles. The van der Waals surface area contributed by atoms with Gasteiger partial charge in [-0.05, 0) is 13.8 Å². The van der Waals surface area contributed by atoms with Gasteiger partial charge in [-0.1, -0.05) is 0 Å². The van der Waals surface area contributed by atoms with Crippen LogP contribution in [0.25, 0.3) is 0 Å². The highest BCUT2D eigenvalue weighted by molar-refractivity contribution is 5.81. The summed E-state index contributed by atoms with van der Waals surface area (Å²) in [4.78, 5) is 12.9. The van der Waals surface area contributed by atoms with Crippen molar-refractivity contribution in [3.8, 4) is 0 Å². The van der Waals surface area contributed by atoms with Gasteiger partial charge in [-0.25, -0.2) is 4.39 Å². The third-order valence-electron chi connectivity index (χ3n) is 2.20. The molecule has 1 fully saturated rings. The highest BCUT2D eigenvalue weighted by Crippen LogP contribution is 2.20. The summed E-state index contributed by atoms with van der Waals surface area (Å²) in [5.74, 6) is -0.150. The van der Waals surface area contributed by atoms with E-state index in [1.54, 1.807) is 6.92 Å². The second kappa shape index (κ2) is 3.39. The maximum Gasteiger partial charge on any atom is 0.239 e. The molecule has 0 saturated carbocycles. The Hall–Kier alpha value is -0.640. The lowest BCUT2D eigenvalue weighted by atomic mass is 10.2. The lowest BCUT2D eigenvalue weighted by Crippen LogP contribution is -2.43. The third-order valence-corrected chi connectivity index (χ3v) is 2.20. The predicted octanol–water partition coefficient (Wildman–Crippen LogP) is 0.293. The van der Waals surface area contributed by atoms with Crippen molar-refractivity contribution in [2.75, 3.05) is 6.54 Å². The van der Waals surface area contributed by atoms with Crippen molar-refractivity contribution in [2.45, 2.75) is 38.5 Å². The largest absolute Gasteiger partial charge is 0.336 e. The van der Waals surface area contributed by atoms with Gasteiger partial charge in [0.1, 0.15) is 6.17 Å². The average Bonchev–Trinajstić information content (AvgIpc) is 2.28. The molecular weight excluding hydrogens is 159 g/mol. The van der Waals surface area contributed by atoms with Crippen LogP contribution in [0.4, 0.5) is 4.39 Å². The van der Waals surface area contributed by atoms with Crippen molar-refractivity contribution < 1.29 is 9.18 Å². The first-order valence-corrected chi connectivity index (χ1v) is 4.22. The molecular formula is C8H15FN2O. The second-order valence-corrected chi connectivity index (χ2v) is 3.46. The van der Waals surface area contributed by atoms with Crippen LogP contribution < -0.4 is 5.73 Å². The van der Waals surface area contributed by atoms with Crippen LogP contribution in [0.3, 0.4) is 0 Å². The van der Waals surface area contributed by atoms with E-state index in [0.717, 1.165) is 0 Å². The number of nitrogens with zero attached hydrogens (tertiary/aromatic N) is 1. The molecule has 0 bridgehead atoms. The van der Waals surface area contributed by atoms with Gasteiger partial charge in [-0.15, -0.1) is 0 Å². The van der Waals surface area contributed by atoms with Crippen molar-refractivity contribution in [3.63, 3.8) is 0 Å². The van der Waals surface area contributed by atoms with Gasteiger partial charge in [0.2, 0.25) is 5.91 Å². The number of hydrogen-bond acceptors (Lipinski definition) is 2. The summed E-state index contributed by atoms with van der Waals surface area (Å²) >= 11 is 0. The van der Waals surface area contributed by atoms with E-state index >= 15 is 0 Å². The average molecular weight is 174 g/mol. The summed E-state index contributed by atoms with van der Waals surface area (Å²) in [6, 6.07) is -0.517. The standard InChI is InChI=1S/C8H15FN2O/c1-5-3-7(9)4-11(5)8(12)6(2)10/h5-7H,3-4,10H2,1-2H3/t5-,6+,7+/m0/s1. The molecule has 1 saturated heterocycles. The van der Waals surface area contributed by atoms with Crippen molar-refractivity contribution >= 4 is 5.91 Å². The van der Waals surface area contributed by atoms with Gasteiger partial charge in [-0.2, -0.15) is 0 Å². The van der Waals surface area contributed by atoms with E-state index in [0.29, 0.717) is 6.42 Å². The number of carbonyl (C=O) groups is 1. The Morgan fingerprint density at radius 3 is 2.67 bits per heavy atom. The normalized spacial score (nSPS) is 32.2. The Balaban J connectivity index is 2.58. The van der Waals surface area contributed by atoms with E-state index in [1.165, 1.54) is 4.90 Å². The first-order chi connectivity index (χ1) is 5.52. The molecule has 3 atom stereocenters. The Morgan fingerprint density at radius 2 is 2.33 bits per heavy atom. The number of carbonyl (C=O) groups excluding carboxylic acids is 1. The van der Waals surface area contributed by atoms with E-state index in [2.05, 4.69) is 0 Å². The number of rotatable bonds is 1. The highest BCUT2D eigenvalue weighted by atomic mass is 19.1. The van der Waals surface area contributed by atoms with Gasteiger partial charge in [0.25, 0.3) is 0 Å². The number of amides is 1. The molecule has 0 radical (unpaired) electrons. The number of alkyl halides is 1. The molecule has 1 rings (SSSR count). The van der Waals surface area contributed by atoms with E-state index in [4.69, 9.17) is 5.73 Å². The minimum absolute atomic E-state index is 0.00139. The van der Waals surface area contributed by atoms with Gasteiger partial charge in [0, 0.05) is 12.5 Å². The number of nitrogens with two attached hydrogens (primary N) is 1. The molecule has 2 N–H and O–H groups in total. The summed E-state index contributed by atoms with van der Waals surface area (Å²) in [6.07, 6.45) is -0.430. The summed E-state index contributed by atoms with van der Waals surface area (Å²) in [6.45, 7) is 3.68. The van der Waals surface area contributed by atoms with Crippen LogP contribution in [0.5, 0.6) is 0 Å². The minimum atomic E-state index is -0.872. The van der Waals surface area contributed by atoms with Gasteiger partial charge < -0.3 is 10.6 Å². The molecule has 0 aromatic rings. The number of likely N-dealkylation sites (tertiary alicyclic amines) is 1. The van der Waals surface area contributed by atoms with Crippen LogP contribution in [0.15, 0.2) is 0 Å². The van der Waals surface area contributed by atoms with E-state index in [1.807, 2.05) is 6.92 Å². The zero-order valence-electron chi connectivity index (χ0n) is 7.46. The molecule has 3 nitrogen and oxygen atoms in total. The molecule has 0 unspecified atom stereocenters. The maximum absolute atomic E-state index is 12.8. The van der Waals surface area contributed by atoms with E-state index in [9.17, 15) is 9.18 Å². The SMILES string of the molecule is C[C@@H](N)C(=O)N1C[C@H](F)C[C@@H]1C. The van der Waals surface area contributed by atoms with Crippen molar-refractivity contribution in [2.24, 2.45) is 5.73 Å². The first kappa shape index (κ1) is 9.45. The van der Waals surface area contributed by atoms with Gasteiger partial charge in [0.05, 0.1) is 12.6 Å². The molecule has 1 aliphatic heterocycles.